The minimum absolute atomic E-state index is 1.04. The van der Waals surface area contributed by atoms with Gasteiger partial charge in [-0.15, -0.1) is 0 Å². The van der Waals surface area contributed by atoms with Crippen molar-refractivity contribution in [2.45, 2.75) is 6.42 Å². The average Bonchev–Trinajstić information content (AvgIpc) is 1.83. The maximum Gasteiger partial charge on any atom is 0.00843 e. The first kappa shape index (κ1) is 8.69. The summed E-state index contributed by atoms with van der Waals surface area (Å²) >= 11 is 5.58. The van der Waals surface area contributed by atoms with E-state index in [1.165, 1.54) is 3.58 Å². The molecule has 0 spiro atoms. The lowest BCUT2D eigenvalue weighted by Gasteiger charge is -1.84. The van der Waals surface area contributed by atoms with Crippen molar-refractivity contribution in [1.82, 2.24) is 0 Å². The van der Waals surface area contributed by atoms with Crippen molar-refractivity contribution in [1.29, 1.82) is 0 Å². The van der Waals surface area contributed by atoms with E-state index in [9.17, 15) is 0 Å². The van der Waals surface area contributed by atoms with Crippen molar-refractivity contribution < 1.29 is 0 Å². The molecular weight excluding hydrogens is 279 g/mol. The maximum atomic E-state index is 3.62. The van der Waals surface area contributed by atoms with Gasteiger partial charge in [-0.05, 0) is 29.0 Å². The summed E-state index contributed by atoms with van der Waals surface area (Å²) in [5.74, 6) is 0. The van der Waals surface area contributed by atoms with Gasteiger partial charge in [0.2, 0.25) is 0 Å². The Bertz CT molecular complexity index is 96.7. The quantitative estimate of drug-likeness (QED) is 0.424. The minimum atomic E-state index is 1.04. The molecule has 0 heterocycles. The monoisotopic (exact) mass is 286 g/mol. The van der Waals surface area contributed by atoms with Crippen molar-refractivity contribution in [3.05, 3.63) is 22.3 Å². The molecule has 0 N–H and O–H groups in total. The van der Waals surface area contributed by atoms with Crippen LogP contribution in [0.3, 0.4) is 0 Å². The molecule has 8 heavy (non-hydrogen) atoms. The number of rotatable bonds is 3. The second kappa shape index (κ2) is 5.82. The van der Waals surface area contributed by atoms with Crippen molar-refractivity contribution in [2.24, 2.45) is 0 Å². The van der Waals surface area contributed by atoms with Gasteiger partial charge < -0.3 is 0 Å². The van der Waals surface area contributed by atoms with Gasteiger partial charge in [-0.2, -0.15) is 0 Å². The molecule has 2 heteroatoms. The van der Waals surface area contributed by atoms with Crippen LogP contribution in [0.2, 0.25) is 0 Å². The number of hydrogen-bond donors (Lipinski definition) is 0. The molecule has 0 aliphatic carbocycles. The number of alkyl halides is 1. The van der Waals surface area contributed by atoms with Crippen molar-refractivity contribution >= 4 is 38.5 Å². The Morgan fingerprint density at radius 3 is 2.75 bits per heavy atom. The molecule has 0 aromatic rings. The molecule has 0 aliphatic heterocycles. The van der Waals surface area contributed by atoms with E-state index >= 15 is 0 Å². The Labute approximate surface area is 72.3 Å². The van der Waals surface area contributed by atoms with Crippen LogP contribution in [0, 0.1) is 0 Å². The lowest BCUT2D eigenvalue weighted by atomic mass is 10.4. The predicted molar refractivity (Wildman–Crippen MR) is 50.7 cm³/mol. The zero-order valence-electron chi connectivity index (χ0n) is 4.53. The third kappa shape index (κ3) is 4.84. The largest absolute Gasteiger partial charge is 0.0980 e. The van der Waals surface area contributed by atoms with E-state index < -0.39 is 0 Å². The maximum absolute atomic E-state index is 3.62. The molecule has 0 aromatic heterocycles. The summed E-state index contributed by atoms with van der Waals surface area (Å²) in [6.07, 6.45) is 5.08. The van der Waals surface area contributed by atoms with Gasteiger partial charge in [-0.1, -0.05) is 34.7 Å². The van der Waals surface area contributed by atoms with Gasteiger partial charge >= 0.3 is 0 Å². The Kier molecular flexibility index (Phi) is 6.32. The highest BCUT2D eigenvalue weighted by molar-refractivity contribution is 14.1. The molecule has 46 valence electrons. The van der Waals surface area contributed by atoms with E-state index in [1.807, 2.05) is 6.08 Å². The fourth-order valence-electron chi connectivity index (χ4n) is 0.276. The summed E-state index contributed by atoms with van der Waals surface area (Å²) in [7, 11) is 0. The number of allylic oxidation sites excluding steroid dienone is 3. The fourth-order valence-corrected chi connectivity index (χ4v) is 0.816. The highest BCUT2D eigenvalue weighted by atomic mass is 127. The summed E-state index contributed by atoms with van der Waals surface area (Å²) in [6.45, 7) is 3.62. The summed E-state index contributed by atoms with van der Waals surface area (Å²) in [6, 6.07) is 0. The van der Waals surface area contributed by atoms with Crippen LogP contribution < -0.4 is 0 Å². The SMILES string of the molecule is C=CC(I)=CCCBr. The van der Waals surface area contributed by atoms with Gasteiger partial charge in [0.05, 0.1) is 0 Å². The standard InChI is InChI=1S/C6H8BrI/c1-2-6(8)4-3-5-7/h2,4H,1,3,5H2. The molecule has 0 amide bonds. The lowest BCUT2D eigenvalue weighted by molar-refractivity contribution is 1.26. The molecule has 0 fully saturated rings. The fraction of sp³-hybridized carbons (Fsp3) is 0.333. The molecule has 0 saturated carbocycles. The average molecular weight is 287 g/mol. The Morgan fingerprint density at radius 2 is 2.38 bits per heavy atom. The van der Waals surface area contributed by atoms with Gasteiger partial charge in [-0.3, -0.25) is 0 Å². The molecule has 0 aliphatic rings. The van der Waals surface area contributed by atoms with Crippen molar-refractivity contribution in [3.8, 4) is 0 Å². The van der Waals surface area contributed by atoms with Gasteiger partial charge in [0.15, 0.2) is 0 Å². The summed E-state index contributed by atoms with van der Waals surface area (Å²) < 4.78 is 1.22. The van der Waals surface area contributed by atoms with Gasteiger partial charge in [-0.25, -0.2) is 0 Å². The number of hydrogen-bond acceptors (Lipinski definition) is 0. The van der Waals surface area contributed by atoms with Crippen LogP contribution in [0.15, 0.2) is 22.3 Å². The van der Waals surface area contributed by atoms with Crippen LogP contribution >= 0.6 is 38.5 Å². The second-order valence-corrected chi connectivity index (χ2v) is 3.31. The van der Waals surface area contributed by atoms with Gasteiger partial charge in [0, 0.05) is 8.91 Å². The minimum Gasteiger partial charge on any atom is -0.0980 e. The molecule has 0 aromatic carbocycles. The number of halogens is 2. The van der Waals surface area contributed by atoms with E-state index in [-0.39, 0.29) is 0 Å². The molecule has 0 nitrogen and oxygen atoms in total. The molecule has 0 bridgehead atoms. The first-order chi connectivity index (χ1) is 3.81. The molecule has 0 rings (SSSR count). The van der Waals surface area contributed by atoms with Crippen LogP contribution in [-0.4, -0.2) is 5.33 Å². The Balaban J connectivity index is 3.40. The van der Waals surface area contributed by atoms with E-state index in [0.29, 0.717) is 0 Å². The van der Waals surface area contributed by atoms with Crippen molar-refractivity contribution in [3.63, 3.8) is 0 Å². The molecule has 0 radical (unpaired) electrons. The first-order valence-corrected chi connectivity index (χ1v) is 4.55. The van der Waals surface area contributed by atoms with E-state index in [1.54, 1.807) is 0 Å². The van der Waals surface area contributed by atoms with E-state index in [4.69, 9.17) is 0 Å². The second-order valence-electron chi connectivity index (χ2n) is 1.27. The van der Waals surface area contributed by atoms with Crippen LogP contribution in [0.1, 0.15) is 6.42 Å². The van der Waals surface area contributed by atoms with Crippen LogP contribution in [0.25, 0.3) is 0 Å². The lowest BCUT2D eigenvalue weighted by Crippen LogP contribution is -1.66. The van der Waals surface area contributed by atoms with Crippen LogP contribution in [0.4, 0.5) is 0 Å². The topological polar surface area (TPSA) is 0 Å². The zero-order chi connectivity index (χ0) is 6.41. The molecular formula is C6H8BrI. The highest BCUT2D eigenvalue weighted by Gasteiger charge is 1.78. The Hall–Kier alpha value is 0.690. The summed E-state index contributed by atoms with van der Waals surface area (Å²) in [4.78, 5) is 0. The highest BCUT2D eigenvalue weighted by Crippen LogP contribution is 2.07. The smallest absolute Gasteiger partial charge is 0.00843 e. The Morgan fingerprint density at radius 1 is 1.75 bits per heavy atom. The molecule has 0 saturated heterocycles. The van der Waals surface area contributed by atoms with Crippen LogP contribution in [0.5, 0.6) is 0 Å². The normalized spacial score (nSPS) is 11.5. The van der Waals surface area contributed by atoms with Gasteiger partial charge in [0.1, 0.15) is 0 Å². The zero-order valence-corrected chi connectivity index (χ0v) is 8.28. The van der Waals surface area contributed by atoms with Crippen molar-refractivity contribution in [2.75, 3.05) is 5.33 Å². The predicted octanol–water partition coefficient (Wildman–Crippen LogP) is 3.28. The third-order valence-electron chi connectivity index (χ3n) is 0.643. The first-order valence-electron chi connectivity index (χ1n) is 2.35. The molecule has 0 unspecified atom stereocenters. The molecule has 0 atom stereocenters. The third-order valence-corrected chi connectivity index (χ3v) is 1.98. The summed E-state index contributed by atoms with van der Waals surface area (Å²) in [5.41, 5.74) is 0. The van der Waals surface area contributed by atoms with Gasteiger partial charge in [0.25, 0.3) is 0 Å². The summed E-state index contributed by atoms with van der Waals surface area (Å²) in [5, 5.41) is 1.04. The van der Waals surface area contributed by atoms with E-state index in [2.05, 4.69) is 51.2 Å². The van der Waals surface area contributed by atoms with Crippen LogP contribution in [-0.2, 0) is 0 Å². The van der Waals surface area contributed by atoms with E-state index in [0.717, 1.165) is 11.8 Å².